The second-order valence-electron chi connectivity index (χ2n) is 4.30. The van der Waals surface area contributed by atoms with E-state index in [0.717, 1.165) is 12.2 Å². The maximum atomic E-state index is 9.80. The van der Waals surface area contributed by atoms with Crippen LogP contribution in [-0.4, -0.2) is 25.3 Å². The first-order chi connectivity index (χ1) is 6.52. The molecule has 0 aromatic carbocycles. The number of aliphatic hydroxyl groups excluding tert-OH is 1. The minimum absolute atomic E-state index is 0.115. The van der Waals surface area contributed by atoms with Crippen LogP contribution in [0, 0.1) is 11.8 Å². The highest BCUT2D eigenvalue weighted by Crippen LogP contribution is 2.15. The third kappa shape index (κ3) is 2.51. The van der Waals surface area contributed by atoms with Crippen molar-refractivity contribution in [3.63, 3.8) is 0 Å². The third-order valence-electron chi connectivity index (χ3n) is 2.00. The molecule has 1 unspecified atom stereocenters. The molecule has 0 aliphatic heterocycles. The first-order valence-electron chi connectivity index (χ1n) is 4.97. The van der Waals surface area contributed by atoms with Crippen LogP contribution in [0.1, 0.15) is 39.7 Å². The SMILES string of the molecule is CC(C)Cc1nnnn1C(O)C(C)C. The highest BCUT2D eigenvalue weighted by molar-refractivity contribution is 4.84. The molecule has 1 heterocycles. The monoisotopic (exact) mass is 198 g/mol. The van der Waals surface area contributed by atoms with Crippen LogP contribution in [-0.2, 0) is 6.42 Å². The first kappa shape index (κ1) is 11.1. The number of tetrazole rings is 1. The molecule has 0 fully saturated rings. The number of nitrogens with zero attached hydrogens (tertiary/aromatic N) is 4. The summed E-state index contributed by atoms with van der Waals surface area (Å²) < 4.78 is 1.50. The molecule has 0 amide bonds. The van der Waals surface area contributed by atoms with Crippen LogP contribution in [0.4, 0.5) is 0 Å². The summed E-state index contributed by atoms with van der Waals surface area (Å²) in [6.07, 6.45) is 0.162. The van der Waals surface area contributed by atoms with Gasteiger partial charge in [-0.3, -0.25) is 0 Å². The van der Waals surface area contributed by atoms with E-state index in [1.165, 1.54) is 4.68 Å². The van der Waals surface area contributed by atoms with Crippen molar-refractivity contribution < 1.29 is 5.11 Å². The third-order valence-corrected chi connectivity index (χ3v) is 2.00. The predicted molar refractivity (Wildman–Crippen MR) is 52.5 cm³/mol. The molecule has 0 aliphatic carbocycles. The summed E-state index contributed by atoms with van der Waals surface area (Å²) in [5.74, 6) is 1.35. The van der Waals surface area contributed by atoms with E-state index in [2.05, 4.69) is 29.4 Å². The van der Waals surface area contributed by atoms with Gasteiger partial charge in [0.2, 0.25) is 0 Å². The van der Waals surface area contributed by atoms with Crippen molar-refractivity contribution in [2.24, 2.45) is 11.8 Å². The van der Waals surface area contributed by atoms with Gasteiger partial charge >= 0.3 is 0 Å². The quantitative estimate of drug-likeness (QED) is 0.784. The lowest BCUT2D eigenvalue weighted by molar-refractivity contribution is 0.0398. The van der Waals surface area contributed by atoms with Crippen molar-refractivity contribution >= 4 is 0 Å². The number of hydrogen-bond donors (Lipinski definition) is 1. The van der Waals surface area contributed by atoms with Crippen LogP contribution in [0.2, 0.25) is 0 Å². The summed E-state index contributed by atoms with van der Waals surface area (Å²) in [4.78, 5) is 0. The summed E-state index contributed by atoms with van der Waals surface area (Å²) in [5.41, 5.74) is 0. The number of aromatic nitrogens is 4. The van der Waals surface area contributed by atoms with Gasteiger partial charge in [-0.2, -0.15) is 0 Å². The molecule has 0 radical (unpaired) electrons. The normalized spacial score (nSPS) is 13.9. The zero-order valence-electron chi connectivity index (χ0n) is 9.18. The van der Waals surface area contributed by atoms with Crippen molar-refractivity contribution in [3.8, 4) is 0 Å². The van der Waals surface area contributed by atoms with Crippen molar-refractivity contribution in [1.82, 2.24) is 20.2 Å². The van der Waals surface area contributed by atoms with E-state index < -0.39 is 6.23 Å². The van der Waals surface area contributed by atoms with Crippen molar-refractivity contribution in [1.29, 1.82) is 0 Å². The Bertz CT molecular complexity index is 282. The second kappa shape index (κ2) is 4.50. The van der Waals surface area contributed by atoms with Crippen LogP contribution in [0.15, 0.2) is 0 Å². The van der Waals surface area contributed by atoms with E-state index in [4.69, 9.17) is 0 Å². The summed E-state index contributed by atoms with van der Waals surface area (Å²) in [7, 11) is 0. The zero-order valence-corrected chi connectivity index (χ0v) is 9.18. The van der Waals surface area contributed by atoms with Crippen molar-refractivity contribution in [2.75, 3.05) is 0 Å². The Hall–Kier alpha value is -0.970. The Balaban J connectivity index is 2.81. The summed E-state index contributed by atoms with van der Waals surface area (Å²) in [5, 5.41) is 21.1. The molecular weight excluding hydrogens is 180 g/mol. The molecule has 0 bridgehead atoms. The highest BCUT2D eigenvalue weighted by Gasteiger charge is 2.17. The molecule has 5 heteroatoms. The van der Waals surface area contributed by atoms with E-state index in [0.29, 0.717) is 5.92 Å². The number of hydrogen-bond acceptors (Lipinski definition) is 4. The molecule has 0 saturated carbocycles. The van der Waals surface area contributed by atoms with E-state index in [1.54, 1.807) is 0 Å². The lowest BCUT2D eigenvalue weighted by Crippen LogP contribution is -2.19. The van der Waals surface area contributed by atoms with Crippen LogP contribution in [0.5, 0.6) is 0 Å². The summed E-state index contributed by atoms with van der Waals surface area (Å²) in [6.45, 7) is 8.07. The van der Waals surface area contributed by atoms with Gasteiger partial charge in [-0.25, -0.2) is 4.68 Å². The molecule has 1 rings (SSSR count). The summed E-state index contributed by atoms with van der Waals surface area (Å²) in [6, 6.07) is 0. The Morgan fingerprint density at radius 3 is 2.43 bits per heavy atom. The van der Waals surface area contributed by atoms with Gasteiger partial charge in [-0.15, -0.1) is 5.10 Å². The Morgan fingerprint density at radius 2 is 1.93 bits per heavy atom. The minimum atomic E-state index is -0.626. The van der Waals surface area contributed by atoms with Gasteiger partial charge in [0.25, 0.3) is 0 Å². The largest absolute Gasteiger partial charge is 0.371 e. The number of aliphatic hydroxyl groups is 1. The molecule has 0 aliphatic rings. The molecule has 1 aromatic rings. The molecule has 1 aromatic heterocycles. The van der Waals surface area contributed by atoms with Crippen molar-refractivity contribution in [3.05, 3.63) is 5.82 Å². The van der Waals surface area contributed by atoms with E-state index in [1.807, 2.05) is 13.8 Å². The molecular formula is C9H18N4O. The topological polar surface area (TPSA) is 63.8 Å². The molecule has 0 saturated heterocycles. The predicted octanol–water partition coefficient (Wildman–Crippen LogP) is 1.02. The summed E-state index contributed by atoms with van der Waals surface area (Å²) >= 11 is 0. The fraction of sp³-hybridized carbons (Fsp3) is 0.889. The van der Waals surface area contributed by atoms with Gasteiger partial charge < -0.3 is 5.11 Å². The minimum Gasteiger partial charge on any atom is -0.371 e. The Morgan fingerprint density at radius 1 is 1.29 bits per heavy atom. The van der Waals surface area contributed by atoms with E-state index in [9.17, 15) is 5.11 Å². The van der Waals surface area contributed by atoms with Gasteiger partial charge in [0.15, 0.2) is 12.1 Å². The van der Waals surface area contributed by atoms with E-state index >= 15 is 0 Å². The van der Waals surface area contributed by atoms with Gasteiger partial charge in [-0.05, 0) is 22.3 Å². The van der Waals surface area contributed by atoms with Crippen molar-refractivity contribution in [2.45, 2.75) is 40.3 Å². The van der Waals surface area contributed by atoms with E-state index in [-0.39, 0.29) is 5.92 Å². The van der Waals surface area contributed by atoms with Gasteiger partial charge in [0.05, 0.1) is 0 Å². The number of rotatable bonds is 4. The van der Waals surface area contributed by atoms with Gasteiger partial charge in [-0.1, -0.05) is 27.7 Å². The molecule has 0 spiro atoms. The van der Waals surface area contributed by atoms with Gasteiger partial charge in [0.1, 0.15) is 0 Å². The highest BCUT2D eigenvalue weighted by atomic mass is 16.3. The van der Waals surface area contributed by atoms with Crippen LogP contribution in [0.25, 0.3) is 0 Å². The van der Waals surface area contributed by atoms with Crippen LogP contribution < -0.4 is 0 Å². The smallest absolute Gasteiger partial charge is 0.154 e. The van der Waals surface area contributed by atoms with Crippen LogP contribution in [0.3, 0.4) is 0 Å². The second-order valence-corrected chi connectivity index (χ2v) is 4.30. The fourth-order valence-electron chi connectivity index (χ4n) is 1.20. The molecule has 5 nitrogen and oxygen atoms in total. The Labute approximate surface area is 84.1 Å². The fourth-order valence-corrected chi connectivity index (χ4v) is 1.20. The molecule has 1 atom stereocenters. The lowest BCUT2D eigenvalue weighted by Gasteiger charge is -2.16. The molecule has 14 heavy (non-hydrogen) atoms. The first-order valence-corrected chi connectivity index (χ1v) is 4.97. The Kier molecular flexibility index (Phi) is 3.57. The van der Waals surface area contributed by atoms with Crippen LogP contribution >= 0.6 is 0 Å². The molecule has 80 valence electrons. The average molecular weight is 198 g/mol. The lowest BCUT2D eigenvalue weighted by atomic mass is 10.1. The maximum absolute atomic E-state index is 9.80. The standard InChI is InChI=1S/C9H18N4O/c1-6(2)5-8-10-11-12-13(8)9(14)7(3)4/h6-7,9,14H,5H2,1-4H3. The average Bonchev–Trinajstić information content (AvgIpc) is 2.49. The maximum Gasteiger partial charge on any atom is 0.154 e. The zero-order chi connectivity index (χ0) is 10.7. The van der Waals surface area contributed by atoms with Gasteiger partial charge in [0, 0.05) is 6.42 Å². The molecule has 1 N–H and O–H groups in total.